The van der Waals surface area contributed by atoms with E-state index in [1.807, 2.05) is 44.2 Å². The summed E-state index contributed by atoms with van der Waals surface area (Å²) in [5, 5.41) is 2.96. The van der Waals surface area contributed by atoms with Crippen LogP contribution in [-0.4, -0.2) is 18.3 Å². The van der Waals surface area contributed by atoms with Crippen molar-refractivity contribution in [2.45, 2.75) is 26.5 Å². The van der Waals surface area contributed by atoms with Crippen molar-refractivity contribution in [1.82, 2.24) is 5.32 Å². The Kier molecular flexibility index (Phi) is 6.85. The zero-order valence-corrected chi connectivity index (χ0v) is 17.4. The highest BCUT2D eigenvalue weighted by atomic mass is 35.5. The lowest BCUT2D eigenvalue weighted by Crippen LogP contribution is -2.24. The van der Waals surface area contributed by atoms with Gasteiger partial charge in [-0.3, -0.25) is 9.59 Å². The van der Waals surface area contributed by atoms with Crippen LogP contribution in [0.3, 0.4) is 0 Å². The number of carbonyl (C=O) groups excluding carboxylic acids is 2. The maximum absolute atomic E-state index is 14.0. The second-order valence-corrected chi connectivity index (χ2v) is 7.48. The predicted octanol–water partition coefficient (Wildman–Crippen LogP) is 5.68. The minimum absolute atomic E-state index is 0.0580. The Bertz CT molecular complexity index is 1080. The molecule has 1 N–H and O–H groups in total. The fourth-order valence-electron chi connectivity index (χ4n) is 3.00. The Morgan fingerprint density at radius 3 is 2.57 bits per heavy atom. The summed E-state index contributed by atoms with van der Waals surface area (Å²) in [6.07, 6.45) is 0.735. The number of rotatable bonds is 7. The van der Waals surface area contributed by atoms with Gasteiger partial charge in [-0.1, -0.05) is 35.9 Å². The first-order valence-corrected chi connectivity index (χ1v) is 9.83. The summed E-state index contributed by atoms with van der Waals surface area (Å²) in [7, 11) is 0. The van der Waals surface area contributed by atoms with E-state index in [0.717, 1.165) is 29.0 Å². The third-order valence-corrected chi connectivity index (χ3v) is 4.63. The van der Waals surface area contributed by atoms with Crippen LogP contribution in [0, 0.1) is 5.82 Å². The molecular weight excluding hydrogens is 405 g/mol. The van der Waals surface area contributed by atoms with E-state index in [-0.39, 0.29) is 23.2 Å². The smallest absolute Gasteiger partial charge is 0.254 e. The number of hydrogen-bond acceptors (Lipinski definition) is 3. The molecule has 1 amide bonds. The van der Waals surface area contributed by atoms with Crippen LogP contribution in [0.15, 0.2) is 60.7 Å². The lowest BCUT2D eigenvalue weighted by molar-refractivity contribution is 0.0946. The van der Waals surface area contributed by atoms with E-state index in [4.69, 9.17) is 16.3 Å². The van der Waals surface area contributed by atoms with Gasteiger partial charge in [0.25, 0.3) is 5.91 Å². The highest BCUT2D eigenvalue weighted by Crippen LogP contribution is 2.28. The molecule has 3 aromatic carbocycles. The zero-order valence-electron chi connectivity index (χ0n) is 16.6. The molecule has 0 aliphatic heterocycles. The van der Waals surface area contributed by atoms with Gasteiger partial charge in [-0.25, -0.2) is 4.39 Å². The van der Waals surface area contributed by atoms with Gasteiger partial charge in [0.15, 0.2) is 0 Å². The number of nitrogens with one attached hydrogen (secondary N) is 1. The molecule has 0 atom stereocenters. The van der Waals surface area contributed by atoms with Crippen LogP contribution >= 0.6 is 11.6 Å². The molecule has 0 spiro atoms. The quantitative estimate of drug-likeness (QED) is 0.496. The summed E-state index contributed by atoms with van der Waals surface area (Å²) in [5.74, 6) is -0.608. The summed E-state index contributed by atoms with van der Waals surface area (Å²) < 4.78 is 19.9. The molecule has 4 nitrogen and oxygen atoms in total. The third kappa shape index (κ3) is 5.24. The molecule has 0 unspecified atom stereocenters. The summed E-state index contributed by atoms with van der Waals surface area (Å²) >= 11 is 5.75. The zero-order chi connectivity index (χ0) is 21.7. The first-order valence-electron chi connectivity index (χ1n) is 9.46. The number of hydrogen-bond donors (Lipinski definition) is 1. The van der Waals surface area contributed by atoms with Crippen molar-refractivity contribution in [2.75, 3.05) is 0 Å². The molecule has 0 fully saturated rings. The Morgan fingerprint density at radius 2 is 1.87 bits per heavy atom. The highest BCUT2D eigenvalue weighted by molar-refractivity contribution is 6.30. The number of ether oxygens (including phenoxy) is 1. The lowest BCUT2D eigenvalue weighted by atomic mass is 10.0. The molecule has 0 aromatic heterocycles. The van der Waals surface area contributed by atoms with Crippen LogP contribution in [0.5, 0.6) is 5.75 Å². The number of halogens is 2. The number of amides is 1. The summed E-state index contributed by atoms with van der Waals surface area (Å²) in [4.78, 5) is 23.5. The van der Waals surface area contributed by atoms with Gasteiger partial charge in [0.05, 0.1) is 11.7 Å². The lowest BCUT2D eigenvalue weighted by Gasteiger charge is -2.16. The van der Waals surface area contributed by atoms with Gasteiger partial charge in [0, 0.05) is 22.7 Å². The van der Waals surface area contributed by atoms with Crippen LogP contribution in [-0.2, 0) is 6.54 Å². The second-order valence-electron chi connectivity index (χ2n) is 7.04. The van der Waals surface area contributed by atoms with Crippen molar-refractivity contribution < 1.29 is 18.7 Å². The van der Waals surface area contributed by atoms with E-state index >= 15 is 0 Å². The Hall–Kier alpha value is -3.18. The molecule has 3 aromatic rings. The molecule has 0 aliphatic rings. The number of carbonyl (C=O) groups is 2. The average molecular weight is 426 g/mol. The largest absolute Gasteiger partial charge is 0.491 e. The molecule has 0 bridgehead atoms. The average Bonchev–Trinajstić information content (AvgIpc) is 2.72. The fourth-order valence-corrected chi connectivity index (χ4v) is 3.16. The van der Waals surface area contributed by atoms with Crippen LogP contribution in [0.25, 0.3) is 11.1 Å². The van der Waals surface area contributed by atoms with Gasteiger partial charge >= 0.3 is 0 Å². The van der Waals surface area contributed by atoms with E-state index in [1.165, 1.54) is 12.1 Å². The van der Waals surface area contributed by atoms with E-state index < -0.39 is 11.7 Å². The topological polar surface area (TPSA) is 55.4 Å². The molecule has 154 valence electrons. The standard InChI is InChI=1S/C24H21ClFNO3/c1-15(2)30-23-9-6-18(17-5-3-4-16(10-17)14-28)11-19(23)13-27-24(29)21-8-7-20(25)12-22(21)26/h3-12,14-15H,13H2,1-2H3,(H,27,29). The number of benzene rings is 3. The van der Waals surface area contributed by atoms with E-state index in [9.17, 15) is 14.0 Å². The third-order valence-electron chi connectivity index (χ3n) is 4.39. The molecule has 0 heterocycles. The Morgan fingerprint density at radius 1 is 1.10 bits per heavy atom. The van der Waals surface area contributed by atoms with E-state index in [2.05, 4.69) is 5.32 Å². The van der Waals surface area contributed by atoms with Crippen molar-refractivity contribution in [3.63, 3.8) is 0 Å². The van der Waals surface area contributed by atoms with Crippen molar-refractivity contribution in [3.05, 3.63) is 88.2 Å². The summed E-state index contributed by atoms with van der Waals surface area (Å²) in [6.45, 7) is 3.96. The van der Waals surface area contributed by atoms with Crippen molar-refractivity contribution in [1.29, 1.82) is 0 Å². The molecule has 0 saturated carbocycles. The van der Waals surface area contributed by atoms with Gasteiger partial charge in [-0.2, -0.15) is 0 Å². The van der Waals surface area contributed by atoms with Gasteiger partial charge in [0.2, 0.25) is 0 Å². The van der Waals surface area contributed by atoms with Crippen molar-refractivity contribution in [3.8, 4) is 16.9 Å². The Balaban J connectivity index is 1.88. The minimum atomic E-state index is -0.682. The molecule has 0 aliphatic carbocycles. The van der Waals surface area contributed by atoms with Crippen LogP contribution < -0.4 is 10.1 Å². The summed E-state index contributed by atoms with van der Waals surface area (Å²) in [6, 6.07) is 16.8. The molecule has 6 heteroatoms. The van der Waals surface area contributed by atoms with Crippen molar-refractivity contribution >= 4 is 23.8 Å². The predicted molar refractivity (Wildman–Crippen MR) is 116 cm³/mol. The van der Waals surface area contributed by atoms with Gasteiger partial charge < -0.3 is 10.1 Å². The molecule has 0 radical (unpaired) electrons. The normalized spacial score (nSPS) is 10.7. The summed E-state index contributed by atoms with van der Waals surface area (Å²) in [5.41, 5.74) is 2.97. The maximum Gasteiger partial charge on any atom is 0.254 e. The van der Waals surface area contributed by atoms with Crippen molar-refractivity contribution in [2.24, 2.45) is 0 Å². The van der Waals surface area contributed by atoms with E-state index in [0.29, 0.717) is 11.3 Å². The van der Waals surface area contributed by atoms with Crippen LogP contribution in [0.4, 0.5) is 4.39 Å². The molecule has 3 rings (SSSR count). The van der Waals surface area contributed by atoms with Gasteiger partial charge in [0.1, 0.15) is 17.9 Å². The first kappa shape index (κ1) is 21.5. The fraction of sp³-hybridized carbons (Fsp3) is 0.167. The molecule has 0 saturated heterocycles. The highest BCUT2D eigenvalue weighted by Gasteiger charge is 2.14. The van der Waals surface area contributed by atoms with Crippen LogP contribution in [0.2, 0.25) is 5.02 Å². The van der Waals surface area contributed by atoms with Crippen LogP contribution in [0.1, 0.15) is 40.1 Å². The SMILES string of the molecule is CC(C)Oc1ccc(-c2cccc(C=O)c2)cc1CNC(=O)c1ccc(Cl)cc1F. The molecular formula is C24H21ClFNO3. The molecule has 30 heavy (non-hydrogen) atoms. The first-order chi connectivity index (χ1) is 14.4. The maximum atomic E-state index is 14.0. The van der Waals surface area contributed by atoms with Gasteiger partial charge in [-0.05, 0) is 61.4 Å². The van der Waals surface area contributed by atoms with E-state index in [1.54, 1.807) is 12.1 Å². The monoisotopic (exact) mass is 425 g/mol. The number of aldehydes is 1. The minimum Gasteiger partial charge on any atom is -0.491 e. The van der Waals surface area contributed by atoms with Gasteiger partial charge in [-0.15, -0.1) is 0 Å². The Labute approximate surface area is 179 Å². The second kappa shape index (κ2) is 9.55.